The van der Waals surface area contributed by atoms with Gasteiger partial charge < -0.3 is 5.32 Å². The standard InChI is InChI=1S/C21H28ClN3O3S/c1-16-11-12-17(2)20(14-16)25(29(27,28)24(3)4)15-21(26)23-13-7-9-18-8-5-6-10-19(18)22/h5-6,8,10-12,14H,7,9,13,15H2,1-4H3,(H,23,26). The van der Waals surface area contributed by atoms with Gasteiger partial charge in [-0.1, -0.05) is 41.9 Å². The van der Waals surface area contributed by atoms with Crippen molar-refractivity contribution in [2.75, 3.05) is 31.5 Å². The van der Waals surface area contributed by atoms with Gasteiger partial charge in [0.2, 0.25) is 5.91 Å². The topological polar surface area (TPSA) is 69.7 Å². The lowest BCUT2D eigenvalue weighted by molar-refractivity contribution is -0.119. The average molecular weight is 438 g/mol. The maximum atomic E-state index is 12.8. The lowest BCUT2D eigenvalue weighted by Gasteiger charge is -2.28. The molecule has 0 saturated carbocycles. The number of hydrogen-bond acceptors (Lipinski definition) is 3. The summed E-state index contributed by atoms with van der Waals surface area (Å²) < 4.78 is 27.9. The summed E-state index contributed by atoms with van der Waals surface area (Å²) in [6.07, 6.45) is 1.44. The van der Waals surface area contributed by atoms with E-state index in [-0.39, 0.29) is 12.5 Å². The lowest BCUT2D eigenvalue weighted by atomic mass is 10.1. The van der Waals surface area contributed by atoms with E-state index in [0.717, 1.165) is 31.7 Å². The highest BCUT2D eigenvalue weighted by Gasteiger charge is 2.28. The number of nitrogens with one attached hydrogen (secondary N) is 1. The van der Waals surface area contributed by atoms with Crippen LogP contribution in [0.4, 0.5) is 5.69 Å². The molecular weight excluding hydrogens is 410 g/mol. The summed E-state index contributed by atoms with van der Waals surface area (Å²) in [7, 11) is -0.910. The molecule has 0 aliphatic heterocycles. The SMILES string of the molecule is Cc1ccc(C)c(N(CC(=O)NCCCc2ccccc2Cl)S(=O)(=O)N(C)C)c1. The smallest absolute Gasteiger partial charge is 0.304 e. The molecule has 1 N–H and O–H groups in total. The Balaban J connectivity index is 2.06. The molecule has 0 saturated heterocycles. The summed E-state index contributed by atoms with van der Waals surface area (Å²) in [4.78, 5) is 12.5. The first-order valence-electron chi connectivity index (χ1n) is 9.40. The second kappa shape index (κ2) is 10.1. The molecule has 1 amide bonds. The van der Waals surface area contributed by atoms with Gasteiger partial charge in [0.1, 0.15) is 6.54 Å². The van der Waals surface area contributed by atoms with Crippen molar-refractivity contribution in [1.82, 2.24) is 9.62 Å². The van der Waals surface area contributed by atoms with Gasteiger partial charge in [0, 0.05) is 25.7 Å². The third-order valence-corrected chi connectivity index (χ3v) is 6.74. The van der Waals surface area contributed by atoms with Crippen LogP contribution in [0.5, 0.6) is 0 Å². The summed E-state index contributed by atoms with van der Waals surface area (Å²) in [5.74, 6) is -0.351. The van der Waals surface area contributed by atoms with Gasteiger partial charge in [0.15, 0.2) is 0 Å². The Kier molecular flexibility index (Phi) is 8.07. The van der Waals surface area contributed by atoms with Crippen molar-refractivity contribution in [2.45, 2.75) is 26.7 Å². The number of carbonyl (C=O) groups excluding carboxylic acids is 1. The van der Waals surface area contributed by atoms with Crippen LogP contribution in [-0.2, 0) is 21.4 Å². The summed E-state index contributed by atoms with van der Waals surface area (Å²) in [6.45, 7) is 3.87. The molecule has 2 aromatic carbocycles. The number of carbonyl (C=O) groups is 1. The second-order valence-electron chi connectivity index (χ2n) is 7.13. The molecule has 0 atom stereocenters. The van der Waals surface area contributed by atoms with Gasteiger partial charge in [0.25, 0.3) is 0 Å². The summed E-state index contributed by atoms with van der Waals surface area (Å²) in [5, 5.41) is 3.52. The van der Waals surface area contributed by atoms with E-state index in [0.29, 0.717) is 23.7 Å². The van der Waals surface area contributed by atoms with Crippen molar-refractivity contribution in [2.24, 2.45) is 0 Å². The first kappa shape index (κ1) is 23.2. The molecule has 8 heteroatoms. The van der Waals surface area contributed by atoms with Gasteiger partial charge in [0.05, 0.1) is 5.69 Å². The molecule has 0 aliphatic carbocycles. The Hall–Kier alpha value is -2.09. The number of amides is 1. The summed E-state index contributed by atoms with van der Waals surface area (Å²) >= 11 is 6.14. The molecule has 2 aromatic rings. The molecule has 6 nitrogen and oxygen atoms in total. The largest absolute Gasteiger partial charge is 0.355 e. The number of halogens is 1. The molecule has 0 radical (unpaired) electrons. The molecule has 0 fully saturated rings. The zero-order valence-electron chi connectivity index (χ0n) is 17.3. The van der Waals surface area contributed by atoms with Crippen molar-refractivity contribution in [3.05, 3.63) is 64.2 Å². The van der Waals surface area contributed by atoms with Gasteiger partial charge >= 0.3 is 10.2 Å². The van der Waals surface area contributed by atoms with Crippen molar-refractivity contribution < 1.29 is 13.2 Å². The molecule has 0 aliphatic rings. The maximum absolute atomic E-state index is 12.8. The minimum Gasteiger partial charge on any atom is -0.355 e. The number of benzene rings is 2. The molecule has 158 valence electrons. The number of nitrogens with zero attached hydrogens (tertiary/aromatic N) is 2. The Morgan fingerprint density at radius 2 is 1.79 bits per heavy atom. The summed E-state index contributed by atoms with van der Waals surface area (Å²) in [5.41, 5.74) is 3.23. The van der Waals surface area contributed by atoms with Crippen molar-refractivity contribution in [1.29, 1.82) is 0 Å². The van der Waals surface area contributed by atoms with Crippen LogP contribution in [0.2, 0.25) is 5.02 Å². The monoisotopic (exact) mass is 437 g/mol. The molecule has 29 heavy (non-hydrogen) atoms. The second-order valence-corrected chi connectivity index (χ2v) is 9.61. The third kappa shape index (κ3) is 6.19. The van der Waals surface area contributed by atoms with Crippen LogP contribution in [0, 0.1) is 13.8 Å². The molecule has 2 rings (SSSR count). The zero-order chi connectivity index (χ0) is 21.6. The highest BCUT2D eigenvalue weighted by atomic mass is 35.5. The van der Waals surface area contributed by atoms with Crippen LogP contribution >= 0.6 is 11.6 Å². The Morgan fingerprint density at radius 1 is 1.10 bits per heavy atom. The van der Waals surface area contributed by atoms with Gasteiger partial charge in [-0.05, 0) is 55.5 Å². The van der Waals surface area contributed by atoms with E-state index in [4.69, 9.17) is 11.6 Å². The Morgan fingerprint density at radius 3 is 2.45 bits per heavy atom. The van der Waals surface area contributed by atoms with Crippen LogP contribution in [0.1, 0.15) is 23.1 Å². The van der Waals surface area contributed by atoms with Crippen LogP contribution in [-0.4, -0.2) is 45.8 Å². The van der Waals surface area contributed by atoms with Crippen LogP contribution in [0.15, 0.2) is 42.5 Å². The molecule has 0 spiro atoms. The van der Waals surface area contributed by atoms with Crippen LogP contribution < -0.4 is 9.62 Å². The first-order chi connectivity index (χ1) is 13.6. The lowest BCUT2D eigenvalue weighted by Crippen LogP contribution is -2.46. The number of rotatable bonds is 9. The zero-order valence-corrected chi connectivity index (χ0v) is 18.8. The minimum atomic E-state index is -3.82. The highest BCUT2D eigenvalue weighted by molar-refractivity contribution is 7.90. The van der Waals surface area contributed by atoms with E-state index in [2.05, 4.69) is 5.32 Å². The molecule has 0 unspecified atom stereocenters. The van der Waals surface area contributed by atoms with Crippen molar-refractivity contribution >= 4 is 33.4 Å². The van der Waals surface area contributed by atoms with Gasteiger partial charge in [-0.15, -0.1) is 0 Å². The Bertz CT molecular complexity index is 961. The van der Waals surface area contributed by atoms with E-state index < -0.39 is 10.2 Å². The molecular formula is C21H28ClN3O3S. The van der Waals surface area contributed by atoms with E-state index in [1.807, 2.05) is 50.2 Å². The van der Waals surface area contributed by atoms with Gasteiger partial charge in [-0.25, -0.2) is 4.31 Å². The minimum absolute atomic E-state index is 0.281. The van der Waals surface area contributed by atoms with Gasteiger partial charge in [-0.2, -0.15) is 12.7 Å². The van der Waals surface area contributed by atoms with Crippen LogP contribution in [0.3, 0.4) is 0 Å². The van der Waals surface area contributed by atoms with E-state index in [1.54, 1.807) is 6.07 Å². The predicted octanol–water partition coefficient (Wildman–Crippen LogP) is 3.32. The molecule has 0 heterocycles. The fraction of sp³-hybridized carbons (Fsp3) is 0.381. The fourth-order valence-corrected chi connectivity index (χ4v) is 4.22. The van der Waals surface area contributed by atoms with Crippen LogP contribution in [0.25, 0.3) is 0 Å². The first-order valence-corrected chi connectivity index (χ1v) is 11.2. The number of anilines is 1. The molecule has 0 aromatic heterocycles. The Labute approximate surface area is 178 Å². The molecule has 0 bridgehead atoms. The third-order valence-electron chi connectivity index (χ3n) is 4.56. The average Bonchev–Trinajstić information content (AvgIpc) is 2.66. The van der Waals surface area contributed by atoms with E-state index >= 15 is 0 Å². The maximum Gasteiger partial charge on any atom is 0.304 e. The fourth-order valence-electron chi connectivity index (χ4n) is 2.87. The summed E-state index contributed by atoms with van der Waals surface area (Å²) in [6, 6.07) is 13.1. The quantitative estimate of drug-likeness (QED) is 0.612. The number of aryl methyl sites for hydroxylation is 3. The van der Waals surface area contributed by atoms with Crippen molar-refractivity contribution in [3.63, 3.8) is 0 Å². The van der Waals surface area contributed by atoms with E-state index in [1.165, 1.54) is 14.1 Å². The normalized spacial score (nSPS) is 11.5. The highest BCUT2D eigenvalue weighted by Crippen LogP contribution is 2.25. The predicted molar refractivity (Wildman–Crippen MR) is 119 cm³/mol. The van der Waals surface area contributed by atoms with Crippen molar-refractivity contribution in [3.8, 4) is 0 Å². The van der Waals surface area contributed by atoms with Gasteiger partial charge in [-0.3, -0.25) is 4.79 Å². The van der Waals surface area contributed by atoms with E-state index in [9.17, 15) is 13.2 Å². The number of hydrogen-bond donors (Lipinski definition) is 1.